The van der Waals surface area contributed by atoms with Gasteiger partial charge in [0.05, 0.1) is 23.9 Å². The zero-order valence-electron chi connectivity index (χ0n) is 14.1. The van der Waals surface area contributed by atoms with E-state index in [0.717, 1.165) is 24.1 Å². The van der Waals surface area contributed by atoms with Gasteiger partial charge in [-0.25, -0.2) is 4.98 Å². The number of rotatable bonds is 4. The second-order valence-corrected chi connectivity index (χ2v) is 6.25. The van der Waals surface area contributed by atoms with Crippen LogP contribution < -0.4 is 4.74 Å². The molecule has 6 nitrogen and oxygen atoms in total. The molecule has 3 heterocycles. The molecule has 24 heavy (non-hydrogen) atoms. The summed E-state index contributed by atoms with van der Waals surface area (Å²) in [5, 5.41) is 4.97. The molecule has 0 spiro atoms. The fraction of sp³-hybridized carbons (Fsp3) is 0.471. The largest absolute Gasteiger partial charge is 0.478 e. The summed E-state index contributed by atoms with van der Waals surface area (Å²) in [7, 11) is 1.82. The Kier molecular flexibility index (Phi) is 4.76. The molecule has 1 fully saturated rings. The van der Waals surface area contributed by atoms with Gasteiger partial charge in [-0.2, -0.15) is 5.10 Å². The van der Waals surface area contributed by atoms with Crippen molar-refractivity contribution in [3.63, 3.8) is 0 Å². The van der Waals surface area contributed by atoms with Crippen LogP contribution in [0.5, 0.6) is 5.88 Å². The number of halogens is 1. The van der Waals surface area contributed by atoms with Gasteiger partial charge in [-0.05, 0) is 32.8 Å². The number of aromatic nitrogens is 3. The lowest BCUT2D eigenvalue weighted by Crippen LogP contribution is -2.31. The normalized spacial score (nSPS) is 17.3. The number of carbonyl (C=O) groups excluding carboxylic acids is 1. The van der Waals surface area contributed by atoms with Gasteiger partial charge in [-0.15, -0.1) is 0 Å². The molecule has 1 aliphatic rings. The van der Waals surface area contributed by atoms with Crippen LogP contribution >= 0.6 is 11.6 Å². The summed E-state index contributed by atoms with van der Waals surface area (Å²) < 4.78 is 6.98. The third-order valence-corrected chi connectivity index (χ3v) is 4.77. The van der Waals surface area contributed by atoms with Gasteiger partial charge in [0.15, 0.2) is 0 Å². The first-order valence-electron chi connectivity index (χ1n) is 8.11. The molecule has 7 heteroatoms. The Morgan fingerprint density at radius 3 is 2.83 bits per heavy atom. The van der Waals surface area contributed by atoms with E-state index < -0.39 is 0 Å². The van der Waals surface area contributed by atoms with Crippen LogP contribution in [0.2, 0.25) is 5.15 Å². The number of amides is 1. The van der Waals surface area contributed by atoms with Crippen molar-refractivity contribution < 1.29 is 9.53 Å². The second kappa shape index (κ2) is 6.81. The van der Waals surface area contributed by atoms with E-state index in [9.17, 15) is 4.79 Å². The predicted molar refractivity (Wildman–Crippen MR) is 91.4 cm³/mol. The average Bonchev–Trinajstić information content (AvgIpc) is 3.13. The van der Waals surface area contributed by atoms with E-state index in [4.69, 9.17) is 16.3 Å². The number of pyridine rings is 1. The predicted octanol–water partition coefficient (Wildman–Crippen LogP) is 3.15. The second-order valence-electron chi connectivity index (χ2n) is 5.89. The number of likely N-dealkylation sites (tertiary alicyclic amines) is 1. The number of aryl methyl sites for hydroxylation is 2. The van der Waals surface area contributed by atoms with Crippen LogP contribution in [0.1, 0.15) is 47.4 Å². The number of nitrogens with zero attached hydrogens (tertiary/aromatic N) is 4. The third-order valence-electron chi connectivity index (χ3n) is 4.32. The molecule has 0 bridgehead atoms. The molecule has 0 aliphatic carbocycles. The van der Waals surface area contributed by atoms with Crippen molar-refractivity contribution in [1.29, 1.82) is 0 Å². The van der Waals surface area contributed by atoms with Crippen molar-refractivity contribution in [3.8, 4) is 5.88 Å². The molecule has 1 saturated heterocycles. The van der Waals surface area contributed by atoms with E-state index in [1.54, 1.807) is 23.0 Å². The summed E-state index contributed by atoms with van der Waals surface area (Å²) in [5.74, 6) is 0.491. The Labute approximate surface area is 146 Å². The van der Waals surface area contributed by atoms with E-state index >= 15 is 0 Å². The van der Waals surface area contributed by atoms with Gasteiger partial charge in [0.1, 0.15) is 5.15 Å². The van der Waals surface area contributed by atoms with Crippen LogP contribution in [0, 0.1) is 6.92 Å². The summed E-state index contributed by atoms with van der Waals surface area (Å²) in [4.78, 5) is 19.0. The van der Waals surface area contributed by atoms with Crippen molar-refractivity contribution in [1.82, 2.24) is 19.7 Å². The quantitative estimate of drug-likeness (QED) is 0.851. The van der Waals surface area contributed by atoms with Crippen molar-refractivity contribution in [2.75, 3.05) is 13.2 Å². The van der Waals surface area contributed by atoms with Crippen molar-refractivity contribution in [2.24, 2.45) is 7.05 Å². The summed E-state index contributed by atoms with van der Waals surface area (Å²) in [6, 6.07) is 3.45. The number of hydrogen-bond acceptors (Lipinski definition) is 4. The molecular weight excluding hydrogens is 328 g/mol. The Bertz CT molecular complexity index is 742. The molecule has 1 aliphatic heterocycles. The fourth-order valence-electron chi connectivity index (χ4n) is 3.24. The smallest absolute Gasteiger partial charge is 0.255 e. The highest BCUT2D eigenvalue weighted by atomic mass is 35.5. The lowest BCUT2D eigenvalue weighted by Gasteiger charge is -2.25. The molecule has 128 valence electrons. The SMILES string of the molecule is CCOc1ccc(C(=O)N2CCC[C@@H]2c2c(C)nn(C)c2Cl)cn1. The highest BCUT2D eigenvalue weighted by Gasteiger charge is 2.34. The maximum Gasteiger partial charge on any atom is 0.255 e. The van der Waals surface area contributed by atoms with Gasteiger partial charge in [0.25, 0.3) is 5.91 Å². The lowest BCUT2D eigenvalue weighted by molar-refractivity contribution is 0.0735. The molecule has 0 radical (unpaired) electrons. The van der Waals surface area contributed by atoms with Crippen molar-refractivity contribution in [3.05, 3.63) is 40.3 Å². The summed E-state index contributed by atoms with van der Waals surface area (Å²) >= 11 is 6.40. The lowest BCUT2D eigenvalue weighted by atomic mass is 10.1. The van der Waals surface area contributed by atoms with Crippen LogP contribution in [0.15, 0.2) is 18.3 Å². The zero-order valence-corrected chi connectivity index (χ0v) is 14.9. The molecule has 2 aromatic heterocycles. The van der Waals surface area contributed by atoms with E-state index in [1.807, 2.05) is 25.8 Å². The van der Waals surface area contributed by atoms with Crippen LogP contribution in [0.25, 0.3) is 0 Å². The minimum absolute atomic E-state index is 0.0348. The monoisotopic (exact) mass is 348 g/mol. The van der Waals surface area contributed by atoms with Crippen LogP contribution in [-0.2, 0) is 7.05 Å². The van der Waals surface area contributed by atoms with Crippen molar-refractivity contribution >= 4 is 17.5 Å². The highest BCUT2D eigenvalue weighted by Crippen LogP contribution is 2.38. The first-order chi connectivity index (χ1) is 11.5. The summed E-state index contributed by atoms with van der Waals surface area (Å²) in [6.45, 7) is 5.09. The van der Waals surface area contributed by atoms with Gasteiger partial charge in [0.2, 0.25) is 5.88 Å². The van der Waals surface area contributed by atoms with Gasteiger partial charge >= 0.3 is 0 Å². The van der Waals surface area contributed by atoms with Gasteiger partial charge < -0.3 is 9.64 Å². The van der Waals surface area contributed by atoms with E-state index in [1.165, 1.54) is 0 Å². The van der Waals surface area contributed by atoms with E-state index in [0.29, 0.717) is 29.7 Å². The number of ether oxygens (including phenoxy) is 1. The van der Waals surface area contributed by atoms with Crippen molar-refractivity contribution in [2.45, 2.75) is 32.7 Å². The number of carbonyl (C=O) groups is 1. The van der Waals surface area contributed by atoms with Crippen LogP contribution in [-0.4, -0.2) is 38.7 Å². The zero-order chi connectivity index (χ0) is 17.3. The molecular formula is C17H21ClN4O2. The average molecular weight is 349 g/mol. The molecule has 0 aromatic carbocycles. The molecule has 0 unspecified atom stereocenters. The van der Waals surface area contributed by atoms with Crippen LogP contribution in [0.3, 0.4) is 0 Å². The fourth-order valence-corrected chi connectivity index (χ4v) is 3.54. The van der Waals surface area contributed by atoms with Gasteiger partial charge in [-0.1, -0.05) is 11.6 Å². The maximum absolute atomic E-state index is 12.9. The Morgan fingerprint density at radius 2 is 2.25 bits per heavy atom. The topological polar surface area (TPSA) is 60.2 Å². The number of hydrogen-bond donors (Lipinski definition) is 0. The maximum atomic E-state index is 12.9. The standard InChI is InChI=1S/C17H21ClN4O2/c1-4-24-14-8-7-12(10-19-14)17(23)22-9-5-6-13(22)15-11(2)20-21(3)16(15)18/h7-8,10,13H,4-6,9H2,1-3H3/t13-/m1/s1. The van der Waals surface area contributed by atoms with E-state index in [-0.39, 0.29) is 11.9 Å². The summed E-state index contributed by atoms with van der Waals surface area (Å²) in [5.41, 5.74) is 2.38. The molecule has 0 saturated carbocycles. The van der Waals surface area contributed by atoms with Gasteiger partial charge in [-0.3, -0.25) is 9.48 Å². The molecule has 2 aromatic rings. The van der Waals surface area contributed by atoms with Gasteiger partial charge in [0, 0.05) is 31.4 Å². The third kappa shape index (κ3) is 2.98. The molecule has 1 amide bonds. The Hall–Kier alpha value is -2.08. The molecule has 0 N–H and O–H groups in total. The first kappa shape index (κ1) is 16.8. The minimum Gasteiger partial charge on any atom is -0.478 e. The Balaban J connectivity index is 1.86. The molecule has 1 atom stereocenters. The molecule has 3 rings (SSSR count). The summed E-state index contributed by atoms with van der Waals surface area (Å²) in [6.07, 6.45) is 3.41. The Morgan fingerprint density at radius 1 is 1.46 bits per heavy atom. The minimum atomic E-state index is -0.0368. The first-order valence-corrected chi connectivity index (χ1v) is 8.49. The van der Waals surface area contributed by atoms with E-state index in [2.05, 4.69) is 10.1 Å². The van der Waals surface area contributed by atoms with Crippen LogP contribution in [0.4, 0.5) is 0 Å². The highest BCUT2D eigenvalue weighted by molar-refractivity contribution is 6.30.